The first kappa shape index (κ1) is 27.1. The van der Waals surface area contributed by atoms with Gasteiger partial charge in [-0.1, -0.05) is 66.7 Å². The summed E-state index contributed by atoms with van der Waals surface area (Å²) in [5, 5.41) is 0.554. The van der Waals surface area contributed by atoms with Crippen LogP contribution in [0.1, 0.15) is 33.0 Å². The largest absolute Gasteiger partial charge is 0.489 e. The molecule has 0 saturated heterocycles. The Bertz CT molecular complexity index is 1820. The molecular formula is C30H25ClN4O4S. The molecule has 0 aliphatic carbocycles. The number of rotatable bonds is 9. The van der Waals surface area contributed by atoms with Gasteiger partial charge in [0.05, 0.1) is 11.4 Å². The predicted octanol–water partition coefficient (Wildman–Crippen LogP) is 5.78. The summed E-state index contributed by atoms with van der Waals surface area (Å²) < 4.78 is 35.2. The van der Waals surface area contributed by atoms with Crippen molar-refractivity contribution >= 4 is 44.8 Å². The van der Waals surface area contributed by atoms with Crippen LogP contribution >= 0.6 is 11.6 Å². The van der Waals surface area contributed by atoms with E-state index in [1.165, 1.54) is 18.2 Å². The van der Waals surface area contributed by atoms with Crippen molar-refractivity contribution in [2.24, 2.45) is 0 Å². The Kier molecular flexibility index (Phi) is 7.68. The summed E-state index contributed by atoms with van der Waals surface area (Å²) in [6.07, 6.45) is 1.60. The van der Waals surface area contributed by atoms with E-state index in [2.05, 4.69) is 21.3 Å². The van der Waals surface area contributed by atoms with Crippen LogP contribution < -0.4 is 9.46 Å². The Morgan fingerprint density at radius 3 is 2.48 bits per heavy atom. The lowest BCUT2D eigenvalue weighted by molar-refractivity contribution is 0.0977. The summed E-state index contributed by atoms with van der Waals surface area (Å²) in [6, 6.07) is 24.3. The van der Waals surface area contributed by atoms with Gasteiger partial charge in [-0.05, 0) is 66.1 Å². The molecule has 10 heteroatoms. The number of halogens is 1. The van der Waals surface area contributed by atoms with Gasteiger partial charge in [0, 0.05) is 5.02 Å². The molecule has 5 rings (SSSR count). The zero-order valence-corrected chi connectivity index (χ0v) is 23.1. The first-order chi connectivity index (χ1) is 19.2. The van der Waals surface area contributed by atoms with E-state index < -0.39 is 15.9 Å². The minimum atomic E-state index is -4.10. The van der Waals surface area contributed by atoms with Crippen molar-refractivity contribution in [2.75, 3.05) is 0 Å². The van der Waals surface area contributed by atoms with Crippen LogP contribution in [0.25, 0.3) is 17.2 Å². The van der Waals surface area contributed by atoms with Crippen molar-refractivity contribution in [3.63, 3.8) is 0 Å². The van der Waals surface area contributed by atoms with Gasteiger partial charge in [0.15, 0.2) is 5.65 Å². The second-order valence-corrected chi connectivity index (χ2v) is 11.1. The number of imidazole rings is 1. The second kappa shape index (κ2) is 11.3. The SMILES string of the molecule is C=Cc1ccc(S(=O)(=O)NC(=O)c2ccc3nc(C)n(Cc4ccc(COc5ccccc5)cc4Cl)c3n2)cc1. The summed E-state index contributed by atoms with van der Waals surface area (Å²) in [4.78, 5) is 21.9. The third kappa shape index (κ3) is 5.90. The topological polar surface area (TPSA) is 103 Å². The number of carbonyl (C=O) groups is 1. The fourth-order valence-electron chi connectivity index (χ4n) is 4.11. The molecule has 0 saturated carbocycles. The van der Waals surface area contributed by atoms with Crippen LogP contribution in [0.5, 0.6) is 5.75 Å². The number of carbonyl (C=O) groups excluding carboxylic acids is 1. The highest BCUT2D eigenvalue weighted by molar-refractivity contribution is 7.90. The maximum Gasteiger partial charge on any atom is 0.283 e. The average Bonchev–Trinajstić information content (AvgIpc) is 3.27. The van der Waals surface area contributed by atoms with Gasteiger partial charge in [-0.25, -0.2) is 23.1 Å². The molecule has 0 atom stereocenters. The van der Waals surface area contributed by atoms with Gasteiger partial charge < -0.3 is 9.30 Å². The van der Waals surface area contributed by atoms with E-state index in [0.717, 1.165) is 22.4 Å². The number of aromatic nitrogens is 3. The number of aryl methyl sites for hydroxylation is 1. The quantitative estimate of drug-likeness (QED) is 0.240. The van der Waals surface area contributed by atoms with Gasteiger partial charge in [-0.2, -0.15) is 0 Å². The lowest BCUT2D eigenvalue weighted by Crippen LogP contribution is -2.31. The minimum absolute atomic E-state index is 0.0410. The van der Waals surface area contributed by atoms with Crippen LogP contribution in [0.4, 0.5) is 0 Å². The van der Waals surface area contributed by atoms with Gasteiger partial charge in [0.1, 0.15) is 29.4 Å². The Morgan fingerprint density at radius 2 is 1.77 bits per heavy atom. The molecule has 8 nitrogen and oxygen atoms in total. The molecule has 2 heterocycles. The number of amides is 1. The molecule has 0 fully saturated rings. The molecule has 0 aliphatic rings. The molecule has 0 bridgehead atoms. The highest BCUT2D eigenvalue weighted by Gasteiger charge is 2.21. The van der Waals surface area contributed by atoms with Crippen LogP contribution in [0.15, 0.2) is 96.4 Å². The van der Waals surface area contributed by atoms with Crippen LogP contribution in [-0.2, 0) is 23.2 Å². The van der Waals surface area contributed by atoms with Crippen LogP contribution in [0.3, 0.4) is 0 Å². The number of hydrogen-bond donors (Lipinski definition) is 1. The van der Waals surface area contributed by atoms with Crippen LogP contribution in [0, 0.1) is 6.92 Å². The summed E-state index contributed by atoms with van der Waals surface area (Å²) in [6.45, 7) is 6.21. The fraction of sp³-hybridized carbons (Fsp3) is 0.100. The zero-order valence-electron chi connectivity index (χ0n) is 21.5. The van der Waals surface area contributed by atoms with Gasteiger partial charge in [-0.3, -0.25) is 4.79 Å². The van der Waals surface area contributed by atoms with E-state index >= 15 is 0 Å². The van der Waals surface area contributed by atoms with Crippen LogP contribution in [-0.4, -0.2) is 28.9 Å². The number of para-hydroxylation sites is 1. The fourth-order valence-corrected chi connectivity index (χ4v) is 5.33. The number of nitrogens with one attached hydrogen (secondary N) is 1. The molecule has 2 aromatic heterocycles. The minimum Gasteiger partial charge on any atom is -0.489 e. The molecule has 202 valence electrons. The molecule has 1 amide bonds. The Morgan fingerprint density at radius 1 is 1.02 bits per heavy atom. The molecule has 5 aromatic rings. The van der Waals surface area contributed by atoms with E-state index in [1.54, 1.807) is 24.3 Å². The van der Waals surface area contributed by atoms with Crippen molar-refractivity contribution in [1.82, 2.24) is 19.3 Å². The molecule has 0 radical (unpaired) electrons. The molecular weight excluding hydrogens is 548 g/mol. The third-order valence-corrected chi connectivity index (χ3v) is 7.96. The number of sulfonamides is 1. The Balaban J connectivity index is 1.35. The number of nitrogens with zero attached hydrogens (tertiary/aromatic N) is 3. The third-order valence-electron chi connectivity index (χ3n) is 6.26. The maximum absolute atomic E-state index is 12.9. The Hall–Kier alpha value is -4.47. The summed E-state index contributed by atoms with van der Waals surface area (Å²) >= 11 is 6.62. The van der Waals surface area contributed by atoms with Crippen molar-refractivity contribution in [1.29, 1.82) is 0 Å². The highest BCUT2D eigenvalue weighted by atomic mass is 35.5. The molecule has 1 N–H and O–H groups in total. The molecule has 3 aromatic carbocycles. The number of pyridine rings is 1. The second-order valence-electron chi connectivity index (χ2n) is 9.02. The van der Waals surface area contributed by atoms with E-state index in [9.17, 15) is 13.2 Å². The van der Waals surface area contributed by atoms with E-state index in [1.807, 2.05) is 60.0 Å². The molecule has 0 aliphatic heterocycles. The standard InChI is InChI=1S/C30H25ClN4O4S/c1-3-21-10-13-25(14-11-21)40(37,38)34-30(36)28-16-15-27-29(33-28)35(20(2)32-27)18-23-12-9-22(17-26(23)31)19-39-24-7-5-4-6-8-24/h3-17H,1,18-19H2,2H3,(H,34,36). The van der Waals surface area contributed by atoms with Gasteiger partial charge in [0.25, 0.3) is 15.9 Å². The summed E-state index contributed by atoms with van der Waals surface area (Å²) in [5.41, 5.74) is 3.46. The van der Waals surface area contributed by atoms with E-state index in [0.29, 0.717) is 35.2 Å². The number of ether oxygens (including phenoxy) is 1. The molecule has 0 unspecified atom stereocenters. The van der Waals surface area contributed by atoms with E-state index in [-0.39, 0.29) is 10.6 Å². The highest BCUT2D eigenvalue weighted by Crippen LogP contribution is 2.24. The lowest BCUT2D eigenvalue weighted by Gasteiger charge is -2.11. The molecule has 0 spiro atoms. The summed E-state index contributed by atoms with van der Waals surface area (Å²) in [7, 11) is -4.10. The van der Waals surface area contributed by atoms with Gasteiger partial charge in [-0.15, -0.1) is 0 Å². The van der Waals surface area contributed by atoms with E-state index in [4.69, 9.17) is 16.3 Å². The van der Waals surface area contributed by atoms with Crippen molar-refractivity contribution in [3.05, 3.63) is 125 Å². The van der Waals surface area contributed by atoms with Crippen molar-refractivity contribution < 1.29 is 17.9 Å². The Labute approximate surface area is 237 Å². The van der Waals surface area contributed by atoms with Crippen molar-refractivity contribution in [2.45, 2.75) is 25.0 Å². The van der Waals surface area contributed by atoms with Gasteiger partial charge in [0.2, 0.25) is 0 Å². The number of fused-ring (bicyclic) bond motifs is 1. The zero-order chi connectivity index (χ0) is 28.3. The smallest absolute Gasteiger partial charge is 0.283 e. The van der Waals surface area contributed by atoms with Gasteiger partial charge >= 0.3 is 0 Å². The predicted molar refractivity (Wildman–Crippen MR) is 155 cm³/mol. The summed E-state index contributed by atoms with van der Waals surface area (Å²) in [5.74, 6) is 0.593. The molecule has 40 heavy (non-hydrogen) atoms. The van der Waals surface area contributed by atoms with Crippen molar-refractivity contribution in [3.8, 4) is 5.75 Å². The maximum atomic E-state index is 12.9. The average molecular weight is 573 g/mol. The number of benzene rings is 3. The normalized spacial score (nSPS) is 11.3. The number of hydrogen-bond acceptors (Lipinski definition) is 6. The first-order valence-electron chi connectivity index (χ1n) is 12.3. The van der Waals surface area contributed by atoms with Crippen LogP contribution in [0.2, 0.25) is 5.02 Å². The lowest BCUT2D eigenvalue weighted by atomic mass is 10.1. The first-order valence-corrected chi connectivity index (χ1v) is 14.2. The monoisotopic (exact) mass is 572 g/mol.